The van der Waals surface area contributed by atoms with Crippen LogP contribution in [0.15, 0.2) is 30.3 Å². The Morgan fingerprint density at radius 1 is 1.09 bits per heavy atom. The molecule has 1 aromatic carbocycles. The van der Waals surface area contributed by atoms with Gasteiger partial charge < -0.3 is 10.6 Å². The fourth-order valence-corrected chi connectivity index (χ4v) is 2.95. The lowest BCUT2D eigenvalue weighted by Crippen LogP contribution is -2.51. The molecular formula is C17H29Cl2N3O. The van der Waals surface area contributed by atoms with Crippen LogP contribution in [0.1, 0.15) is 25.3 Å². The first kappa shape index (κ1) is 22.2. The first-order valence-corrected chi connectivity index (χ1v) is 7.88. The summed E-state index contributed by atoms with van der Waals surface area (Å²) in [4.78, 5) is 17.1. The van der Waals surface area contributed by atoms with Crippen LogP contribution in [0, 0.1) is 5.92 Å². The minimum absolute atomic E-state index is 0. The molecule has 23 heavy (non-hydrogen) atoms. The minimum Gasteiger partial charge on any atom is -0.340 e. The fraction of sp³-hybridized carbons (Fsp3) is 0.588. The van der Waals surface area contributed by atoms with Gasteiger partial charge in [0.15, 0.2) is 0 Å². The molecule has 1 atom stereocenters. The predicted molar refractivity (Wildman–Crippen MR) is 101 cm³/mol. The maximum absolute atomic E-state index is 12.7. The molecule has 6 heteroatoms. The van der Waals surface area contributed by atoms with Crippen molar-refractivity contribution in [1.82, 2.24) is 9.80 Å². The summed E-state index contributed by atoms with van der Waals surface area (Å²) < 4.78 is 0. The number of piperazine rings is 1. The van der Waals surface area contributed by atoms with Crippen molar-refractivity contribution in [2.24, 2.45) is 11.7 Å². The molecule has 132 valence electrons. The van der Waals surface area contributed by atoms with Gasteiger partial charge in [0.05, 0.1) is 5.92 Å². The summed E-state index contributed by atoms with van der Waals surface area (Å²) in [5.41, 5.74) is 6.87. The van der Waals surface area contributed by atoms with Crippen LogP contribution in [0.3, 0.4) is 0 Å². The van der Waals surface area contributed by atoms with Crippen LogP contribution in [0.25, 0.3) is 0 Å². The zero-order valence-electron chi connectivity index (χ0n) is 14.0. The van der Waals surface area contributed by atoms with E-state index in [1.54, 1.807) is 0 Å². The lowest BCUT2D eigenvalue weighted by atomic mass is 9.97. The normalized spacial score (nSPS) is 16.4. The third kappa shape index (κ3) is 6.30. The summed E-state index contributed by atoms with van der Waals surface area (Å²) in [7, 11) is 0. The van der Waals surface area contributed by atoms with Gasteiger partial charge in [-0.3, -0.25) is 9.69 Å². The zero-order valence-corrected chi connectivity index (χ0v) is 15.6. The van der Waals surface area contributed by atoms with E-state index in [0.717, 1.165) is 38.3 Å². The highest BCUT2D eigenvalue weighted by atomic mass is 35.5. The number of hydrogen-bond donors (Lipinski definition) is 1. The Labute approximate surface area is 152 Å². The quantitative estimate of drug-likeness (QED) is 0.875. The SMILES string of the molecule is CC(C)CN1CCN(C(=O)C(CN)c2ccccc2)CC1.Cl.Cl. The topological polar surface area (TPSA) is 49.6 Å². The van der Waals surface area contributed by atoms with Crippen molar-refractivity contribution in [3.63, 3.8) is 0 Å². The van der Waals surface area contributed by atoms with Crippen LogP contribution in [0.5, 0.6) is 0 Å². The van der Waals surface area contributed by atoms with E-state index >= 15 is 0 Å². The summed E-state index contributed by atoms with van der Waals surface area (Å²) in [5.74, 6) is 0.643. The van der Waals surface area contributed by atoms with Gasteiger partial charge in [-0.2, -0.15) is 0 Å². The molecule has 1 aliphatic rings. The highest BCUT2D eigenvalue weighted by Crippen LogP contribution is 2.18. The Kier molecular flexibility index (Phi) is 10.5. The van der Waals surface area contributed by atoms with Gasteiger partial charge in [0.2, 0.25) is 5.91 Å². The number of rotatable bonds is 5. The van der Waals surface area contributed by atoms with Gasteiger partial charge in [0.1, 0.15) is 0 Å². The second kappa shape index (κ2) is 10.9. The van der Waals surface area contributed by atoms with Crippen molar-refractivity contribution < 1.29 is 4.79 Å². The molecule has 1 unspecified atom stereocenters. The molecule has 0 bridgehead atoms. The van der Waals surface area contributed by atoms with Gasteiger partial charge in [-0.15, -0.1) is 24.8 Å². The van der Waals surface area contributed by atoms with Crippen LogP contribution in [0.2, 0.25) is 0 Å². The van der Waals surface area contributed by atoms with Crippen molar-refractivity contribution in [2.75, 3.05) is 39.3 Å². The van der Waals surface area contributed by atoms with E-state index < -0.39 is 0 Å². The molecule has 0 spiro atoms. The highest BCUT2D eigenvalue weighted by molar-refractivity contribution is 5.85. The second-order valence-electron chi connectivity index (χ2n) is 6.22. The van der Waals surface area contributed by atoms with E-state index in [4.69, 9.17) is 5.73 Å². The zero-order chi connectivity index (χ0) is 15.2. The van der Waals surface area contributed by atoms with Gasteiger partial charge in [0, 0.05) is 39.3 Å². The van der Waals surface area contributed by atoms with Crippen LogP contribution < -0.4 is 5.73 Å². The number of carbonyl (C=O) groups is 1. The Bertz CT molecular complexity index is 448. The van der Waals surface area contributed by atoms with Crippen LogP contribution in [0.4, 0.5) is 0 Å². The Morgan fingerprint density at radius 3 is 2.13 bits per heavy atom. The molecule has 0 aliphatic carbocycles. The van der Waals surface area contributed by atoms with Gasteiger partial charge in [-0.1, -0.05) is 44.2 Å². The second-order valence-corrected chi connectivity index (χ2v) is 6.22. The van der Waals surface area contributed by atoms with Gasteiger partial charge in [0.25, 0.3) is 0 Å². The van der Waals surface area contributed by atoms with E-state index in [1.807, 2.05) is 35.2 Å². The minimum atomic E-state index is -0.206. The van der Waals surface area contributed by atoms with E-state index in [9.17, 15) is 4.79 Å². The van der Waals surface area contributed by atoms with Gasteiger partial charge >= 0.3 is 0 Å². The lowest BCUT2D eigenvalue weighted by Gasteiger charge is -2.37. The third-order valence-electron chi connectivity index (χ3n) is 4.04. The van der Waals surface area contributed by atoms with Crippen molar-refractivity contribution in [1.29, 1.82) is 0 Å². The van der Waals surface area contributed by atoms with Crippen LogP contribution in [-0.4, -0.2) is 55.0 Å². The molecule has 4 nitrogen and oxygen atoms in total. The number of amides is 1. The summed E-state index contributed by atoms with van der Waals surface area (Å²) in [6.45, 7) is 9.51. The maximum atomic E-state index is 12.7. The first-order chi connectivity index (χ1) is 10.1. The summed E-state index contributed by atoms with van der Waals surface area (Å²) in [5, 5.41) is 0. The summed E-state index contributed by atoms with van der Waals surface area (Å²) in [6, 6.07) is 9.87. The Hall–Kier alpha value is -0.810. The molecule has 1 aliphatic heterocycles. The Morgan fingerprint density at radius 2 is 1.65 bits per heavy atom. The average Bonchev–Trinajstić information content (AvgIpc) is 2.49. The van der Waals surface area contributed by atoms with E-state index in [0.29, 0.717) is 12.5 Å². The molecule has 0 radical (unpaired) electrons. The molecule has 2 N–H and O–H groups in total. The number of halogens is 2. The Balaban J connectivity index is 0.00000242. The first-order valence-electron chi connectivity index (χ1n) is 7.88. The number of carbonyl (C=O) groups excluding carboxylic acids is 1. The van der Waals surface area contributed by atoms with E-state index in [2.05, 4.69) is 18.7 Å². The molecule has 1 heterocycles. The summed E-state index contributed by atoms with van der Waals surface area (Å²) in [6.07, 6.45) is 0. The average molecular weight is 362 g/mol. The molecular weight excluding hydrogens is 333 g/mol. The van der Waals surface area contributed by atoms with Crippen molar-refractivity contribution in [3.8, 4) is 0 Å². The van der Waals surface area contributed by atoms with Crippen molar-refractivity contribution >= 4 is 30.7 Å². The standard InChI is InChI=1S/C17H27N3O.2ClH/c1-14(2)13-19-8-10-20(11-9-19)17(21)16(12-18)15-6-4-3-5-7-15;;/h3-7,14,16H,8-13,18H2,1-2H3;2*1H. The van der Waals surface area contributed by atoms with Gasteiger partial charge in [-0.05, 0) is 11.5 Å². The monoisotopic (exact) mass is 361 g/mol. The third-order valence-corrected chi connectivity index (χ3v) is 4.04. The molecule has 1 fully saturated rings. The molecule has 0 aromatic heterocycles. The predicted octanol–water partition coefficient (Wildman–Crippen LogP) is 2.37. The molecule has 1 saturated heterocycles. The van der Waals surface area contributed by atoms with Crippen molar-refractivity contribution in [3.05, 3.63) is 35.9 Å². The number of nitrogens with zero attached hydrogens (tertiary/aromatic N) is 2. The summed E-state index contributed by atoms with van der Waals surface area (Å²) >= 11 is 0. The fourth-order valence-electron chi connectivity index (χ4n) is 2.95. The molecule has 2 rings (SSSR count). The van der Waals surface area contributed by atoms with Crippen LogP contribution in [-0.2, 0) is 4.79 Å². The largest absolute Gasteiger partial charge is 0.340 e. The van der Waals surface area contributed by atoms with E-state index in [1.165, 1.54) is 0 Å². The number of nitrogens with two attached hydrogens (primary N) is 1. The van der Waals surface area contributed by atoms with Gasteiger partial charge in [-0.25, -0.2) is 0 Å². The number of hydrogen-bond acceptors (Lipinski definition) is 3. The smallest absolute Gasteiger partial charge is 0.231 e. The van der Waals surface area contributed by atoms with Crippen LogP contribution >= 0.6 is 24.8 Å². The van der Waals surface area contributed by atoms with E-state index in [-0.39, 0.29) is 36.6 Å². The molecule has 1 amide bonds. The number of benzene rings is 1. The molecule has 1 aromatic rings. The molecule has 0 saturated carbocycles. The lowest BCUT2D eigenvalue weighted by molar-refractivity contribution is -0.134. The maximum Gasteiger partial charge on any atom is 0.231 e. The van der Waals surface area contributed by atoms with Crippen molar-refractivity contribution in [2.45, 2.75) is 19.8 Å². The highest BCUT2D eigenvalue weighted by Gasteiger charge is 2.27.